The Morgan fingerprint density at radius 1 is 1.33 bits per heavy atom. The Hall–Kier alpha value is -0.770. The molecule has 0 aliphatic heterocycles. The standard InChI is InChI=1S/C11H16ClNO2/c1-7-4-8(6-9(13)5-7)11(15)10(14)2-3-12/h4-6,10-11,14-15H,2-3,13H2,1H3. The van der Waals surface area contributed by atoms with Crippen LogP contribution in [0.5, 0.6) is 0 Å². The van der Waals surface area contributed by atoms with Gasteiger partial charge in [-0.25, -0.2) is 0 Å². The molecule has 0 fully saturated rings. The van der Waals surface area contributed by atoms with E-state index in [2.05, 4.69) is 0 Å². The molecule has 1 aromatic carbocycles. The van der Waals surface area contributed by atoms with Crippen LogP contribution in [0.15, 0.2) is 18.2 Å². The molecule has 0 aliphatic rings. The van der Waals surface area contributed by atoms with Crippen molar-refractivity contribution in [2.75, 3.05) is 11.6 Å². The number of aliphatic hydroxyl groups excluding tert-OH is 2. The number of rotatable bonds is 4. The molecule has 3 nitrogen and oxygen atoms in total. The zero-order chi connectivity index (χ0) is 11.4. The number of hydrogen-bond donors (Lipinski definition) is 3. The number of nitrogens with two attached hydrogens (primary N) is 1. The molecule has 15 heavy (non-hydrogen) atoms. The number of nitrogen functional groups attached to an aromatic ring is 1. The molecule has 0 saturated heterocycles. The van der Waals surface area contributed by atoms with Gasteiger partial charge in [-0.3, -0.25) is 0 Å². The van der Waals surface area contributed by atoms with E-state index >= 15 is 0 Å². The first kappa shape index (κ1) is 12.3. The van der Waals surface area contributed by atoms with E-state index < -0.39 is 12.2 Å². The number of aliphatic hydroxyl groups is 2. The number of aryl methyl sites for hydroxylation is 1. The average molecular weight is 230 g/mol. The molecule has 0 radical (unpaired) electrons. The lowest BCUT2D eigenvalue weighted by molar-refractivity contribution is 0.0170. The molecule has 4 heteroatoms. The third kappa shape index (κ3) is 3.38. The summed E-state index contributed by atoms with van der Waals surface area (Å²) >= 11 is 5.49. The highest BCUT2D eigenvalue weighted by Gasteiger charge is 2.18. The summed E-state index contributed by atoms with van der Waals surface area (Å²) in [5.74, 6) is 0.319. The maximum atomic E-state index is 9.80. The van der Waals surface area contributed by atoms with Crippen molar-refractivity contribution < 1.29 is 10.2 Å². The molecule has 2 unspecified atom stereocenters. The van der Waals surface area contributed by atoms with Crippen molar-refractivity contribution in [2.45, 2.75) is 25.6 Å². The maximum Gasteiger partial charge on any atom is 0.105 e. The molecule has 1 aromatic rings. The zero-order valence-electron chi connectivity index (χ0n) is 8.65. The Balaban J connectivity index is 2.85. The van der Waals surface area contributed by atoms with E-state index in [0.717, 1.165) is 5.56 Å². The molecule has 2 atom stereocenters. The second kappa shape index (κ2) is 5.35. The van der Waals surface area contributed by atoms with Gasteiger partial charge in [0.05, 0.1) is 6.10 Å². The van der Waals surface area contributed by atoms with E-state index in [9.17, 15) is 10.2 Å². The number of halogens is 1. The molecule has 0 amide bonds. The van der Waals surface area contributed by atoms with Gasteiger partial charge in [-0.2, -0.15) is 0 Å². The first-order valence-corrected chi connectivity index (χ1v) is 5.37. The quantitative estimate of drug-likeness (QED) is 0.543. The second-order valence-corrected chi connectivity index (χ2v) is 4.04. The molecule has 0 bridgehead atoms. The fourth-order valence-electron chi connectivity index (χ4n) is 1.51. The Morgan fingerprint density at radius 3 is 2.53 bits per heavy atom. The smallest absolute Gasteiger partial charge is 0.105 e. The van der Waals surface area contributed by atoms with Crippen LogP contribution in [0.2, 0.25) is 0 Å². The van der Waals surface area contributed by atoms with Crippen LogP contribution in [0, 0.1) is 6.92 Å². The highest BCUT2D eigenvalue weighted by atomic mass is 35.5. The van der Waals surface area contributed by atoms with Crippen molar-refractivity contribution in [3.63, 3.8) is 0 Å². The molecule has 0 saturated carbocycles. The minimum atomic E-state index is -0.925. The monoisotopic (exact) mass is 229 g/mol. The van der Waals surface area contributed by atoms with Crippen LogP contribution in [0.4, 0.5) is 5.69 Å². The van der Waals surface area contributed by atoms with Gasteiger partial charge in [0, 0.05) is 11.6 Å². The maximum absolute atomic E-state index is 9.80. The molecule has 0 heterocycles. The summed E-state index contributed by atoms with van der Waals surface area (Å²) in [5, 5.41) is 19.4. The van der Waals surface area contributed by atoms with Crippen LogP contribution >= 0.6 is 11.6 Å². The van der Waals surface area contributed by atoms with Crippen molar-refractivity contribution >= 4 is 17.3 Å². The number of benzene rings is 1. The number of alkyl halides is 1. The van der Waals surface area contributed by atoms with Gasteiger partial charge in [0.25, 0.3) is 0 Å². The highest BCUT2D eigenvalue weighted by molar-refractivity contribution is 6.17. The first-order chi connectivity index (χ1) is 7.04. The molecule has 0 aliphatic carbocycles. The van der Waals surface area contributed by atoms with Gasteiger partial charge in [0.1, 0.15) is 6.10 Å². The van der Waals surface area contributed by atoms with Gasteiger partial charge in [-0.15, -0.1) is 11.6 Å². The molecule has 0 spiro atoms. The summed E-state index contributed by atoms with van der Waals surface area (Å²) in [4.78, 5) is 0. The molecular formula is C11H16ClNO2. The lowest BCUT2D eigenvalue weighted by Gasteiger charge is -2.18. The predicted molar refractivity (Wildman–Crippen MR) is 61.9 cm³/mol. The third-order valence-corrected chi connectivity index (χ3v) is 2.45. The minimum absolute atomic E-state index is 0.319. The fourth-order valence-corrected chi connectivity index (χ4v) is 1.73. The summed E-state index contributed by atoms with van der Waals surface area (Å²) in [6, 6.07) is 5.28. The topological polar surface area (TPSA) is 66.5 Å². The van der Waals surface area contributed by atoms with E-state index in [4.69, 9.17) is 17.3 Å². The minimum Gasteiger partial charge on any atom is -0.399 e. The van der Waals surface area contributed by atoms with Crippen LogP contribution in [0.25, 0.3) is 0 Å². The van der Waals surface area contributed by atoms with E-state index in [-0.39, 0.29) is 0 Å². The lowest BCUT2D eigenvalue weighted by Crippen LogP contribution is -2.18. The van der Waals surface area contributed by atoms with Crippen LogP contribution in [0.3, 0.4) is 0 Å². The Kier molecular flexibility index (Phi) is 4.39. The number of anilines is 1. The van der Waals surface area contributed by atoms with Crippen molar-refractivity contribution in [2.24, 2.45) is 0 Å². The summed E-state index contributed by atoms with van der Waals surface area (Å²) in [5.41, 5.74) is 7.83. The van der Waals surface area contributed by atoms with E-state index in [1.54, 1.807) is 12.1 Å². The van der Waals surface area contributed by atoms with Crippen molar-refractivity contribution in [3.8, 4) is 0 Å². The van der Waals surface area contributed by atoms with Gasteiger partial charge in [-0.05, 0) is 36.6 Å². The largest absolute Gasteiger partial charge is 0.399 e. The van der Waals surface area contributed by atoms with Crippen LogP contribution < -0.4 is 5.73 Å². The molecule has 4 N–H and O–H groups in total. The highest BCUT2D eigenvalue weighted by Crippen LogP contribution is 2.22. The van der Waals surface area contributed by atoms with Gasteiger partial charge in [-0.1, -0.05) is 6.07 Å². The first-order valence-electron chi connectivity index (χ1n) is 4.83. The van der Waals surface area contributed by atoms with E-state index in [1.807, 2.05) is 13.0 Å². The molecule has 84 valence electrons. The molecule has 0 aromatic heterocycles. The number of hydrogen-bond acceptors (Lipinski definition) is 3. The summed E-state index contributed by atoms with van der Waals surface area (Å²) < 4.78 is 0. The molecule has 1 rings (SSSR count). The zero-order valence-corrected chi connectivity index (χ0v) is 9.41. The van der Waals surface area contributed by atoms with Gasteiger partial charge in [0.2, 0.25) is 0 Å². The van der Waals surface area contributed by atoms with Crippen LogP contribution in [-0.2, 0) is 0 Å². The second-order valence-electron chi connectivity index (χ2n) is 3.67. The summed E-state index contributed by atoms with van der Waals surface area (Å²) in [6.45, 7) is 1.89. The van der Waals surface area contributed by atoms with Gasteiger partial charge >= 0.3 is 0 Å². The van der Waals surface area contributed by atoms with Crippen LogP contribution in [-0.4, -0.2) is 22.2 Å². The summed E-state index contributed by atoms with van der Waals surface area (Å²) in [7, 11) is 0. The van der Waals surface area contributed by atoms with Gasteiger partial charge < -0.3 is 15.9 Å². The predicted octanol–water partition coefficient (Wildman–Crippen LogP) is 1.60. The van der Waals surface area contributed by atoms with E-state index in [1.165, 1.54) is 0 Å². The van der Waals surface area contributed by atoms with Crippen molar-refractivity contribution in [1.29, 1.82) is 0 Å². The van der Waals surface area contributed by atoms with Gasteiger partial charge in [0.15, 0.2) is 0 Å². The van der Waals surface area contributed by atoms with Crippen LogP contribution in [0.1, 0.15) is 23.7 Å². The third-order valence-electron chi connectivity index (χ3n) is 2.23. The molecular weight excluding hydrogens is 214 g/mol. The fraction of sp³-hybridized carbons (Fsp3) is 0.455. The lowest BCUT2D eigenvalue weighted by atomic mass is 10.0. The average Bonchev–Trinajstić information content (AvgIpc) is 2.15. The Labute approximate surface area is 94.5 Å². The van der Waals surface area contributed by atoms with Crippen molar-refractivity contribution in [1.82, 2.24) is 0 Å². The Morgan fingerprint density at radius 2 is 2.00 bits per heavy atom. The van der Waals surface area contributed by atoms with E-state index in [0.29, 0.717) is 23.6 Å². The SMILES string of the molecule is Cc1cc(N)cc(C(O)C(O)CCCl)c1. The normalized spacial score (nSPS) is 14.9. The summed E-state index contributed by atoms with van der Waals surface area (Å²) in [6.07, 6.45) is -1.41. The Bertz CT molecular complexity index is 310. The van der Waals surface area contributed by atoms with Crippen molar-refractivity contribution in [3.05, 3.63) is 29.3 Å².